The topological polar surface area (TPSA) is 96.4 Å². The first kappa shape index (κ1) is 15.4. The Morgan fingerprint density at radius 2 is 2.15 bits per heavy atom. The van der Waals surface area contributed by atoms with Crippen molar-refractivity contribution in [2.24, 2.45) is 11.8 Å². The van der Waals surface area contributed by atoms with E-state index in [2.05, 4.69) is 16.6 Å². The highest BCUT2D eigenvalue weighted by Crippen LogP contribution is 2.31. The van der Waals surface area contributed by atoms with Crippen molar-refractivity contribution in [1.29, 1.82) is 0 Å². The summed E-state index contributed by atoms with van der Waals surface area (Å²) >= 11 is 0.833. The Bertz CT molecular complexity index is 596. The molecule has 1 aliphatic rings. The monoisotopic (exact) mass is 318 g/mol. The first-order valence-corrected chi connectivity index (χ1v) is 8.88. The van der Waals surface area contributed by atoms with Crippen LogP contribution in [0.3, 0.4) is 0 Å². The molecule has 1 aliphatic carbocycles. The standard InChI is InChI=1S/C12H18N2O4S2/c1-7-4-3-5-9(8(7)2)14-20(17,18)12-10(11(15)16)13-6-19-12/h6-9,14H,3-5H2,1-2H3,(H,15,16). The Balaban J connectivity index is 2.23. The van der Waals surface area contributed by atoms with Crippen LogP contribution in [0.5, 0.6) is 0 Å². The van der Waals surface area contributed by atoms with E-state index in [4.69, 9.17) is 5.11 Å². The molecule has 0 aromatic carbocycles. The normalized spacial score (nSPS) is 27.4. The van der Waals surface area contributed by atoms with Crippen molar-refractivity contribution in [1.82, 2.24) is 9.71 Å². The van der Waals surface area contributed by atoms with Crippen LogP contribution in [-0.2, 0) is 10.0 Å². The van der Waals surface area contributed by atoms with Crippen LogP contribution < -0.4 is 4.72 Å². The van der Waals surface area contributed by atoms with Gasteiger partial charge in [0.05, 0.1) is 5.51 Å². The van der Waals surface area contributed by atoms with E-state index in [0.717, 1.165) is 30.6 Å². The molecule has 1 fully saturated rings. The molecule has 3 atom stereocenters. The van der Waals surface area contributed by atoms with Crippen molar-refractivity contribution in [3.05, 3.63) is 11.2 Å². The molecule has 3 unspecified atom stereocenters. The summed E-state index contributed by atoms with van der Waals surface area (Å²) in [5, 5.41) is 8.97. The SMILES string of the molecule is CC1CCCC(NS(=O)(=O)c2scnc2C(=O)O)C1C. The Kier molecular flexibility index (Phi) is 4.46. The number of hydrogen-bond donors (Lipinski definition) is 2. The number of aromatic carboxylic acids is 1. The van der Waals surface area contributed by atoms with E-state index in [1.54, 1.807) is 0 Å². The third kappa shape index (κ3) is 3.02. The largest absolute Gasteiger partial charge is 0.476 e. The maximum atomic E-state index is 12.3. The average molecular weight is 318 g/mol. The van der Waals surface area contributed by atoms with Gasteiger partial charge in [-0.05, 0) is 18.3 Å². The van der Waals surface area contributed by atoms with Crippen LogP contribution in [-0.4, -0.2) is 30.5 Å². The highest BCUT2D eigenvalue weighted by molar-refractivity contribution is 7.91. The lowest BCUT2D eigenvalue weighted by atomic mass is 9.78. The van der Waals surface area contributed by atoms with Crippen molar-refractivity contribution in [3.8, 4) is 0 Å². The van der Waals surface area contributed by atoms with E-state index in [1.807, 2.05) is 6.92 Å². The molecular weight excluding hydrogens is 300 g/mol. The Labute approximate surface area is 122 Å². The van der Waals surface area contributed by atoms with Gasteiger partial charge >= 0.3 is 5.97 Å². The molecule has 0 amide bonds. The minimum Gasteiger partial charge on any atom is -0.476 e. The summed E-state index contributed by atoms with van der Waals surface area (Å²) in [5.41, 5.74) is 0.837. The van der Waals surface area contributed by atoms with Crippen molar-refractivity contribution in [3.63, 3.8) is 0 Å². The number of thiazole rings is 1. The first-order chi connectivity index (χ1) is 9.33. The highest BCUT2D eigenvalue weighted by Gasteiger charge is 2.33. The number of carboxylic acids is 1. The third-order valence-corrected chi connectivity index (χ3v) is 6.85. The Morgan fingerprint density at radius 3 is 2.80 bits per heavy atom. The molecule has 0 spiro atoms. The smallest absolute Gasteiger partial charge is 0.356 e. The van der Waals surface area contributed by atoms with Gasteiger partial charge in [0.15, 0.2) is 9.90 Å². The number of nitrogens with one attached hydrogen (secondary N) is 1. The summed E-state index contributed by atoms with van der Waals surface area (Å²) < 4.78 is 27.1. The Morgan fingerprint density at radius 1 is 1.45 bits per heavy atom. The second-order valence-corrected chi connectivity index (χ2v) is 8.05. The zero-order valence-electron chi connectivity index (χ0n) is 11.4. The van der Waals surface area contributed by atoms with Gasteiger partial charge in [-0.2, -0.15) is 0 Å². The average Bonchev–Trinajstić information content (AvgIpc) is 2.85. The molecule has 2 N–H and O–H groups in total. The van der Waals surface area contributed by atoms with Crippen LogP contribution in [0.15, 0.2) is 9.72 Å². The lowest BCUT2D eigenvalue weighted by Gasteiger charge is -2.34. The van der Waals surface area contributed by atoms with Crippen LogP contribution in [0.25, 0.3) is 0 Å². The van der Waals surface area contributed by atoms with Gasteiger partial charge in [-0.25, -0.2) is 22.9 Å². The van der Waals surface area contributed by atoms with Gasteiger partial charge in [-0.1, -0.05) is 26.7 Å². The Hall–Kier alpha value is -0.990. The summed E-state index contributed by atoms with van der Waals surface area (Å²) in [6, 6.07) is -0.146. The number of carboxylic acid groups (broad SMARTS) is 1. The van der Waals surface area contributed by atoms with Gasteiger partial charge in [0, 0.05) is 6.04 Å². The zero-order valence-corrected chi connectivity index (χ0v) is 13.0. The molecule has 2 rings (SSSR count). The van der Waals surface area contributed by atoms with E-state index in [9.17, 15) is 13.2 Å². The number of sulfonamides is 1. The highest BCUT2D eigenvalue weighted by atomic mass is 32.2. The molecule has 8 heteroatoms. The number of hydrogen-bond acceptors (Lipinski definition) is 5. The van der Waals surface area contributed by atoms with E-state index < -0.39 is 21.7 Å². The maximum absolute atomic E-state index is 12.3. The van der Waals surface area contributed by atoms with Gasteiger partial charge < -0.3 is 5.11 Å². The van der Waals surface area contributed by atoms with Crippen molar-refractivity contribution >= 4 is 27.3 Å². The fraction of sp³-hybridized carbons (Fsp3) is 0.667. The number of nitrogens with zero attached hydrogens (tertiary/aromatic N) is 1. The van der Waals surface area contributed by atoms with Crippen molar-refractivity contribution in [2.75, 3.05) is 0 Å². The van der Waals surface area contributed by atoms with E-state index in [0.29, 0.717) is 5.92 Å². The second-order valence-electron chi connectivity index (χ2n) is 5.29. The molecule has 1 heterocycles. The van der Waals surface area contributed by atoms with Crippen molar-refractivity contribution < 1.29 is 18.3 Å². The van der Waals surface area contributed by atoms with Crippen LogP contribution in [0.2, 0.25) is 0 Å². The molecule has 1 saturated carbocycles. The first-order valence-electron chi connectivity index (χ1n) is 6.52. The van der Waals surface area contributed by atoms with Gasteiger partial charge in [0.1, 0.15) is 0 Å². The molecule has 20 heavy (non-hydrogen) atoms. The summed E-state index contributed by atoms with van der Waals surface area (Å²) in [4.78, 5) is 14.6. The van der Waals surface area contributed by atoms with Gasteiger partial charge in [0.25, 0.3) is 10.0 Å². The fourth-order valence-electron chi connectivity index (χ4n) is 2.57. The molecule has 0 aliphatic heterocycles. The molecule has 6 nitrogen and oxygen atoms in total. The molecule has 112 valence electrons. The molecule has 0 bridgehead atoms. The molecule has 1 aromatic heterocycles. The third-order valence-electron chi connectivity index (χ3n) is 3.99. The van der Waals surface area contributed by atoms with Crippen LogP contribution >= 0.6 is 11.3 Å². The summed E-state index contributed by atoms with van der Waals surface area (Å²) in [6.07, 6.45) is 2.86. The van der Waals surface area contributed by atoms with Gasteiger partial charge in [-0.15, -0.1) is 11.3 Å². The van der Waals surface area contributed by atoms with E-state index in [1.165, 1.54) is 5.51 Å². The molecule has 1 aromatic rings. The van der Waals surface area contributed by atoms with Crippen LogP contribution in [0.1, 0.15) is 43.6 Å². The minimum atomic E-state index is -3.82. The molecular formula is C12H18N2O4S2. The predicted octanol–water partition coefficient (Wildman–Crippen LogP) is 1.94. The lowest BCUT2D eigenvalue weighted by molar-refractivity contribution is 0.0687. The molecule has 0 radical (unpaired) electrons. The van der Waals surface area contributed by atoms with Crippen LogP contribution in [0.4, 0.5) is 0 Å². The molecule has 0 saturated heterocycles. The summed E-state index contributed by atoms with van der Waals surface area (Å²) in [5.74, 6) is -0.631. The maximum Gasteiger partial charge on any atom is 0.356 e. The number of rotatable bonds is 4. The second kappa shape index (κ2) is 5.79. The van der Waals surface area contributed by atoms with E-state index >= 15 is 0 Å². The summed E-state index contributed by atoms with van der Waals surface area (Å²) in [6.45, 7) is 4.14. The summed E-state index contributed by atoms with van der Waals surface area (Å²) in [7, 11) is -3.82. The van der Waals surface area contributed by atoms with Crippen molar-refractivity contribution in [2.45, 2.75) is 43.4 Å². The van der Waals surface area contributed by atoms with Crippen LogP contribution in [0, 0.1) is 11.8 Å². The quantitative estimate of drug-likeness (QED) is 0.884. The number of carbonyl (C=O) groups is 1. The lowest BCUT2D eigenvalue weighted by Crippen LogP contribution is -2.43. The zero-order chi connectivity index (χ0) is 14.9. The minimum absolute atomic E-state index is 0.146. The van der Waals surface area contributed by atoms with Gasteiger partial charge in [0.2, 0.25) is 0 Å². The predicted molar refractivity (Wildman–Crippen MR) is 75.4 cm³/mol. The number of aromatic nitrogens is 1. The van der Waals surface area contributed by atoms with Gasteiger partial charge in [-0.3, -0.25) is 0 Å². The fourth-order valence-corrected chi connectivity index (χ4v) is 5.09. The van der Waals surface area contributed by atoms with E-state index in [-0.39, 0.29) is 16.2 Å².